The Labute approximate surface area is 133 Å². The van der Waals surface area contributed by atoms with Crippen LogP contribution in [0, 0.1) is 0 Å². The Morgan fingerprint density at radius 3 is 2.91 bits per heavy atom. The van der Waals surface area contributed by atoms with Crippen LogP contribution < -0.4 is 5.32 Å². The Bertz CT molecular complexity index is 699. The quantitative estimate of drug-likeness (QED) is 0.909. The summed E-state index contributed by atoms with van der Waals surface area (Å²) in [6.07, 6.45) is 2.67. The summed E-state index contributed by atoms with van der Waals surface area (Å²) >= 11 is 6.13. The van der Waals surface area contributed by atoms with Crippen LogP contribution in [0.3, 0.4) is 0 Å². The molecule has 0 spiro atoms. The third-order valence-corrected chi connectivity index (χ3v) is 4.29. The lowest BCUT2D eigenvalue weighted by Crippen LogP contribution is -2.46. The molecule has 1 aliphatic heterocycles. The van der Waals surface area contributed by atoms with Gasteiger partial charge in [-0.2, -0.15) is 0 Å². The number of nitrogens with one attached hydrogen (secondary N) is 1. The molecule has 6 heteroatoms. The molecule has 1 aromatic carbocycles. The first-order chi connectivity index (χ1) is 10.6. The summed E-state index contributed by atoms with van der Waals surface area (Å²) in [5, 5.41) is 14.5. The van der Waals surface area contributed by atoms with Gasteiger partial charge in [-0.25, -0.2) is 0 Å². The minimum atomic E-state index is -0.899. The van der Waals surface area contributed by atoms with Crippen LogP contribution in [-0.4, -0.2) is 41.4 Å². The molecule has 2 N–H and O–H groups in total. The number of benzene rings is 1. The molecule has 0 radical (unpaired) electrons. The van der Waals surface area contributed by atoms with Gasteiger partial charge in [-0.15, -0.1) is 0 Å². The maximum absolute atomic E-state index is 12.4. The van der Waals surface area contributed by atoms with Gasteiger partial charge in [0.15, 0.2) is 0 Å². The van der Waals surface area contributed by atoms with Gasteiger partial charge in [0.1, 0.15) is 0 Å². The van der Waals surface area contributed by atoms with E-state index in [0.717, 1.165) is 5.39 Å². The smallest absolute Gasteiger partial charge is 0.253 e. The maximum Gasteiger partial charge on any atom is 0.253 e. The highest BCUT2D eigenvalue weighted by Crippen LogP contribution is 2.25. The van der Waals surface area contributed by atoms with Crippen LogP contribution in [0.2, 0.25) is 5.02 Å². The van der Waals surface area contributed by atoms with Crippen molar-refractivity contribution in [3.63, 3.8) is 0 Å². The number of pyridine rings is 1. The highest BCUT2D eigenvalue weighted by atomic mass is 35.5. The van der Waals surface area contributed by atoms with E-state index in [1.165, 1.54) is 0 Å². The van der Waals surface area contributed by atoms with Gasteiger partial charge in [0.25, 0.3) is 5.91 Å². The number of aliphatic hydroxyl groups is 1. The van der Waals surface area contributed by atoms with Crippen molar-refractivity contribution in [2.45, 2.75) is 18.4 Å². The number of hydrogen-bond acceptors (Lipinski definition) is 4. The topological polar surface area (TPSA) is 71.5 Å². The average molecular weight is 321 g/mol. The molecule has 1 aliphatic rings. The lowest BCUT2D eigenvalue weighted by molar-refractivity contribution is -0.0605. The van der Waals surface area contributed by atoms with Crippen LogP contribution in [0.15, 0.2) is 30.5 Å². The Morgan fingerprint density at radius 2 is 2.14 bits per heavy atom. The first kappa shape index (κ1) is 15.2. The number of carbonyl (C=O) groups is 1. The summed E-state index contributed by atoms with van der Waals surface area (Å²) in [5.74, 6) is -0.264. The van der Waals surface area contributed by atoms with Crippen molar-refractivity contribution in [1.82, 2.24) is 10.3 Å². The number of ether oxygens (including phenoxy) is 1. The molecule has 1 amide bonds. The molecule has 0 unspecified atom stereocenters. The third kappa shape index (κ3) is 3.06. The van der Waals surface area contributed by atoms with Crippen LogP contribution in [0.4, 0.5) is 0 Å². The number of hydrogen-bond donors (Lipinski definition) is 2. The fourth-order valence-electron chi connectivity index (χ4n) is 2.59. The molecule has 0 aliphatic carbocycles. The summed E-state index contributed by atoms with van der Waals surface area (Å²) in [7, 11) is 0. The molecule has 22 heavy (non-hydrogen) atoms. The normalized spacial score (nSPS) is 17.4. The molecular weight excluding hydrogens is 304 g/mol. The Kier molecular flexibility index (Phi) is 4.29. The highest BCUT2D eigenvalue weighted by Gasteiger charge is 2.30. The number of fused-ring (bicyclic) bond motifs is 1. The fraction of sp³-hybridized carbons (Fsp3) is 0.375. The van der Waals surface area contributed by atoms with E-state index in [4.69, 9.17) is 16.3 Å². The van der Waals surface area contributed by atoms with Gasteiger partial charge in [-0.3, -0.25) is 9.78 Å². The second kappa shape index (κ2) is 6.20. The van der Waals surface area contributed by atoms with Crippen molar-refractivity contribution in [3.8, 4) is 0 Å². The third-order valence-electron chi connectivity index (χ3n) is 3.96. The van der Waals surface area contributed by atoms with E-state index in [0.29, 0.717) is 42.2 Å². The first-order valence-electron chi connectivity index (χ1n) is 7.21. The SMILES string of the molecule is O=C(NCC1(O)CCOCC1)c1ccc(Cl)c2cccnc12. The summed E-state index contributed by atoms with van der Waals surface area (Å²) in [6, 6.07) is 6.94. The van der Waals surface area contributed by atoms with E-state index in [2.05, 4.69) is 10.3 Å². The molecule has 2 aromatic rings. The van der Waals surface area contributed by atoms with Crippen LogP contribution in [0.1, 0.15) is 23.2 Å². The highest BCUT2D eigenvalue weighted by molar-refractivity contribution is 6.36. The minimum Gasteiger partial charge on any atom is -0.388 e. The monoisotopic (exact) mass is 320 g/mol. The fourth-order valence-corrected chi connectivity index (χ4v) is 2.80. The van der Waals surface area contributed by atoms with Gasteiger partial charge in [0.2, 0.25) is 0 Å². The van der Waals surface area contributed by atoms with Crippen molar-refractivity contribution in [1.29, 1.82) is 0 Å². The van der Waals surface area contributed by atoms with Gasteiger partial charge in [0, 0.05) is 44.2 Å². The van der Waals surface area contributed by atoms with Crippen molar-refractivity contribution in [2.24, 2.45) is 0 Å². The zero-order valence-corrected chi connectivity index (χ0v) is 12.8. The number of nitrogens with zero attached hydrogens (tertiary/aromatic N) is 1. The zero-order chi connectivity index (χ0) is 15.6. The van der Waals surface area contributed by atoms with E-state index >= 15 is 0 Å². The summed E-state index contributed by atoms with van der Waals surface area (Å²) in [5.41, 5.74) is 0.117. The number of aromatic nitrogens is 1. The van der Waals surface area contributed by atoms with Crippen LogP contribution in [-0.2, 0) is 4.74 Å². The van der Waals surface area contributed by atoms with E-state index in [1.807, 2.05) is 6.07 Å². The molecule has 2 heterocycles. The van der Waals surface area contributed by atoms with Gasteiger partial charge in [-0.05, 0) is 24.3 Å². The molecule has 1 saturated heterocycles. The second-order valence-corrected chi connectivity index (χ2v) is 5.92. The van der Waals surface area contributed by atoms with Gasteiger partial charge >= 0.3 is 0 Å². The Balaban J connectivity index is 1.79. The number of halogens is 1. The maximum atomic E-state index is 12.4. The molecule has 0 bridgehead atoms. The van der Waals surface area contributed by atoms with E-state index in [-0.39, 0.29) is 12.5 Å². The predicted molar refractivity (Wildman–Crippen MR) is 84.1 cm³/mol. The van der Waals surface area contributed by atoms with Crippen LogP contribution >= 0.6 is 11.6 Å². The van der Waals surface area contributed by atoms with Gasteiger partial charge in [0.05, 0.1) is 21.7 Å². The minimum absolute atomic E-state index is 0.201. The molecule has 0 atom stereocenters. The van der Waals surface area contributed by atoms with Crippen molar-refractivity contribution < 1.29 is 14.6 Å². The molecule has 0 saturated carbocycles. The average Bonchev–Trinajstić information content (AvgIpc) is 2.54. The van der Waals surface area contributed by atoms with Gasteiger partial charge in [-0.1, -0.05) is 11.6 Å². The summed E-state index contributed by atoms with van der Waals surface area (Å²) in [6.45, 7) is 1.22. The molecule has 5 nitrogen and oxygen atoms in total. The van der Waals surface area contributed by atoms with Crippen molar-refractivity contribution in [2.75, 3.05) is 19.8 Å². The van der Waals surface area contributed by atoms with Crippen molar-refractivity contribution in [3.05, 3.63) is 41.0 Å². The standard InChI is InChI=1S/C16H17ClN2O3/c17-13-4-3-12(14-11(13)2-1-7-18-14)15(20)19-10-16(21)5-8-22-9-6-16/h1-4,7,21H,5-6,8-10H2,(H,19,20). The predicted octanol–water partition coefficient (Wildman–Crippen LogP) is 2.16. The number of rotatable bonds is 3. The molecule has 1 fully saturated rings. The first-order valence-corrected chi connectivity index (χ1v) is 7.58. The second-order valence-electron chi connectivity index (χ2n) is 5.51. The van der Waals surface area contributed by atoms with Crippen LogP contribution in [0.25, 0.3) is 10.9 Å². The lowest BCUT2D eigenvalue weighted by Gasteiger charge is -2.32. The van der Waals surface area contributed by atoms with Crippen molar-refractivity contribution >= 4 is 28.4 Å². The summed E-state index contributed by atoms with van der Waals surface area (Å²) < 4.78 is 5.23. The zero-order valence-electron chi connectivity index (χ0n) is 12.0. The Morgan fingerprint density at radius 1 is 1.36 bits per heavy atom. The molecule has 3 rings (SSSR count). The summed E-state index contributed by atoms with van der Waals surface area (Å²) in [4.78, 5) is 16.7. The molecule has 1 aromatic heterocycles. The van der Waals surface area contributed by atoms with E-state index in [9.17, 15) is 9.90 Å². The Hall–Kier alpha value is -1.69. The molecular formula is C16H17ClN2O3. The van der Waals surface area contributed by atoms with E-state index < -0.39 is 5.60 Å². The lowest BCUT2D eigenvalue weighted by atomic mass is 9.94. The van der Waals surface area contributed by atoms with Gasteiger partial charge < -0.3 is 15.2 Å². The van der Waals surface area contributed by atoms with E-state index in [1.54, 1.807) is 24.4 Å². The van der Waals surface area contributed by atoms with Crippen LogP contribution in [0.5, 0.6) is 0 Å². The largest absolute Gasteiger partial charge is 0.388 e. The number of amides is 1. The molecule has 116 valence electrons. The number of carbonyl (C=O) groups excluding carboxylic acids is 1.